The molecule has 0 bridgehead atoms. The highest BCUT2D eigenvalue weighted by molar-refractivity contribution is 9.10. The second-order valence-electron chi connectivity index (χ2n) is 3.69. The summed E-state index contributed by atoms with van der Waals surface area (Å²) in [6.45, 7) is 0.645. The Morgan fingerprint density at radius 3 is 3.00 bits per heavy atom. The van der Waals surface area contributed by atoms with E-state index < -0.39 is 6.09 Å². The number of rotatable bonds is 1. The van der Waals surface area contributed by atoms with Crippen molar-refractivity contribution in [1.82, 2.24) is 4.90 Å². The quantitative estimate of drug-likeness (QED) is 0.850. The van der Waals surface area contributed by atoms with E-state index in [0.29, 0.717) is 6.54 Å². The smallest absolute Gasteiger partial charge is 0.407 e. The lowest BCUT2D eigenvalue weighted by Gasteiger charge is -2.21. The molecule has 1 aliphatic heterocycles. The third-order valence-corrected chi connectivity index (χ3v) is 3.23. The number of amides is 1. The molecule has 4 heteroatoms. The minimum absolute atomic E-state index is 0.0278. The molecule has 0 aromatic heterocycles. The van der Waals surface area contributed by atoms with Gasteiger partial charge < -0.3 is 10.0 Å². The Bertz CT molecular complexity index is 381. The Kier molecular flexibility index (Phi) is 2.95. The topological polar surface area (TPSA) is 40.5 Å². The molecule has 3 nitrogen and oxygen atoms in total. The predicted octanol–water partition coefficient (Wildman–Crippen LogP) is 3.26. The van der Waals surface area contributed by atoms with Crippen molar-refractivity contribution in [3.63, 3.8) is 0 Å². The average Bonchev–Trinajstić information content (AvgIpc) is 2.65. The number of hydrogen-bond acceptors (Lipinski definition) is 1. The summed E-state index contributed by atoms with van der Waals surface area (Å²) in [7, 11) is 0. The zero-order valence-corrected chi connectivity index (χ0v) is 9.77. The molecule has 0 unspecified atom stereocenters. The minimum atomic E-state index is -0.822. The van der Waals surface area contributed by atoms with Crippen LogP contribution in [0.25, 0.3) is 0 Å². The third-order valence-electron chi connectivity index (χ3n) is 2.73. The summed E-state index contributed by atoms with van der Waals surface area (Å²) in [5.41, 5.74) is 1.07. The Morgan fingerprint density at radius 2 is 2.33 bits per heavy atom. The van der Waals surface area contributed by atoms with E-state index >= 15 is 0 Å². The van der Waals surface area contributed by atoms with Gasteiger partial charge in [-0.1, -0.05) is 28.1 Å². The Morgan fingerprint density at radius 1 is 1.53 bits per heavy atom. The molecule has 2 rings (SSSR count). The lowest BCUT2D eigenvalue weighted by atomic mass is 10.1. The summed E-state index contributed by atoms with van der Waals surface area (Å²) < 4.78 is 0.997. The Balaban J connectivity index is 2.26. The van der Waals surface area contributed by atoms with Crippen LogP contribution in [0.4, 0.5) is 4.79 Å². The number of nitrogens with zero attached hydrogens (tertiary/aromatic N) is 1. The number of carboxylic acid groups (broad SMARTS) is 1. The van der Waals surface area contributed by atoms with Gasteiger partial charge >= 0.3 is 6.09 Å². The average molecular weight is 270 g/mol. The lowest BCUT2D eigenvalue weighted by Crippen LogP contribution is -2.28. The predicted molar refractivity (Wildman–Crippen MR) is 60.8 cm³/mol. The molecule has 80 valence electrons. The fourth-order valence-corrected chi connectivity index (χ4v) is 2.47. The molecule has 1 atom stereocenters. The first-order valence-electron chi connectivity index (χ1n) is 4.93. The molecule has 1 aliphatic rings. The van der Waals surface area contributed by atoms with E-state index in [-0.39, 0.29) is 6.04 Å². The van der Waals surface area contributed by atoms with Crippen molar-refractivity contribution in [3.8, 4) is 0 Å². The molecule has 15 heavy (non-hydrogen) atoms. The molecule has 0 spiro atoms. The minimum Gasteiger partial charge on any atom is -0.465 e. The first kappa shape index (κ1) is 10.5. The van der Waals surface area contributed by atoms with E-state index in [0.717, 1.165) is 22.9 Å². The monoisotopic (exact) mass is 269 g/mol. The highest BCUT2D eigenvalue weighted by Crippen LogP contribution is 2.32. The van der Waals surface area contributed by atoms with Gasteiger partial charge in [0.25, 0.3) is 0 Å². The van der Waals surface area contributed by atoms with Gasteiger partial charge in [0.2, 0.25) is 0 Å². The standard InChI is InChI=1S/C11H12BrNO2/c12-9-4-1-3-8(7-9)10-5-2-6-13(10)11(14)15/h1,3-4,7,10H,2,5-6H2,(H,14,15)/t10-/m1/s1. The molecule has 0 radical (unpaired) electrons. The molecule has 1 aromatic rings. The van der Waals surface area contributed by atoms with Gasteiger partial charge in [-0.15, -0.1) is 0 Å². The lowest BCUT2D eigenvalue weighted by molar-refractivity contribution is 0.140. The van der Waals surface area contributed by atoms with Crippen LogP contribution in [0, 0.1) is 0 Å². The molecule has 1 aromatic carbocycles. The highest BCUT2D eigenvalue weighted by atomic mass is 79.9. The molecule has 0 aliphatic carbocycles. The van der Waals surface area contributed by atoms with Crippen LogP contribution < -0.4 is 0 Å². The van der Waals surface area contributed by atoms with E-state index in [1.807, 2.05) is 24.3 Å². The van der Waals surface area contributed by atoms with Crippen molar-refractivity contribution in [2.75, 3.05) is 6.54 Å². The zero-order valence-electron chi connectivity index (χ0n) is 8.19. The molecule has 1 N–H and O–H groups in total. The normalized spacial score (nSPS) is 20.6. The van der Waals surface area contributed by atoms with Gasteiger partial charge in [-0.25, -0.2) is 4.79 Å². The van der Waals surface area contributed by atoms with Gasteiger partial charge in [-0.2, -0.15) is 0 Å². The number of benzene rings is 1. The summed E-state index contributed by atoms with van der Waals surface area (Å²) in [5, 5.41) is 9.03. The Hall–Kier alpha value is -1.03. The number of halogens is 1. The van der Waals surface area contributed by atoms with Crippen LogP contribution in [-0.2, 0) is 0 Å². The molecule has 0 saturated carbocycles. The van der Waals surface area contributed by atoms with Gasteiger partial charge in [0.05, 0.1) is 6.04 Å². The summed E-state index contributed by atoms with van der Waals surface area (Å²) in [4.78, 5) is 12.5. The molecule has 1 saturated heterocycles. The number of hydrogen-bond donors (Lipinski definition) is 1. The number of carbonyl (C=O) groups is 1. The van der Waals surface area contributed by atoms with E-state index in [2.05, 4.69) is 15.9 Å². The first-order valence-corrected chi connectivity index (χ1v) is 5.73. The molecule has 1 fully saturated rings. The SMILES string of the molecule is O=C(O)N1CCC[C@@H]1c1cccc(Br)c1. The van der Waals surface area contributed by atoms with Crippen molar-refractivity contribution >= 4 is 22.0 Å². The van der Waals surface area contributed by atoms with Gasteiger partial charge in [-0.05, 0) is 30.5 Å². The fraction of sp³-hybridized carbons (Fsp3) is 0.364. The maximum atomic E-state index is 11.0. The molecule has 1 heterocycles. The molecular formula is C11H12BrNO2. The first-order chi connectivity index (χ1) is 7.18. The van der Waals surface area contributed by atoms with Gasteiger partial charge in [0.15, 0.2) is 0 Å². The van der Waals surface area contributed by atoms with Crippen molar-refractivity contribution in [2.24, 2.45) is 0 Å². The van der Waals surface area contributed by atoms with Crippen molar-refractivity contribution in [2.45, 2.75) is 18.9 Å². The second kappa shape index (κ2) is 4.23. The van der Waals surface area contributed by atoms with Crippen LogP contribution in [0.1, 0.15) is 24.4 Å². The van der Waals surface area contributed by atoms with Gasteiger partial charge in [0, 0.05) is 11.0 Å². The van der Waals surface area contributed by atoms with Crippen molar-refractivity contribution in [3.05, 3.63) is 34.3 Å². The van der Waals surface area contributed by atoms with Crippen LogP contribution >= 0.6 is 15.9 Å². The molecular weight excluding hydrogens is 258 g/mol. The van der Waals surface area contributed by atoms with Crippen molar-refractivity contribution < 1.29 is 9.90 Å². The van der Waals surface area contributed by atoms with E-state index in [1.165, 1.54) is 4.90 Å². The summed E-state index contributed by atoms with van der Waals surface area (Å²) in [6, 6.07) is 7.89. The fourth-order valence-electron chi connectivity index (χ4n) is 2.06. The van der Waals surface area contributed by atoms with Crippen LogP contribution in [-0.4, -0.2) is 22.6 Å². The highest BCUT2D eigenvalue weighted by Gasteiger charge is 2.29. The Labute approximate surface area is 96.8 Å². The zero-order chi connectivity index (χ0) is 10.8. The van der Waals surface area contributed by atoms with Crippen LogP contribution in [0.3, 0.4) is 0 Å². The summed E-state index contributed by atoms with van der Waals surface area (Å²) in [6.07, 6.45) is 1.05. The second-order valence-corrected chi connectivity index (χ2v) is 4.60. The van der Waals surface area contributed by atoms with Crippen LogP contribution in [0.2, 0.25) is 0 Å². The molecule has 1 amide bonds. The van der Waals surface area contributed by atoms with Crippen molar-refractivity contribution in [1.29, 1.82) is 0 Å². The third kappa shape index (κ3) is 2.15. The van der Waals surface area contributed by atoms with E-state index in [9.17, 15) is 4.79 Å². The van der Waals surface area contributed by atoms with Gasteiger partial charge in [0.1, 0.15) is 0 Å². The van der Waals surface area contributed by atoms with Crippen LogP contribution in [0.15, 0.2) is 28.7 Å². The van der Waals surface area contributed by atoms with E-state index in [1.54, 1.807) is 0 Å². The maximum Gasteiger partial charge on any atom is 0.407 e. The summed E-state index contributed by atoms with van der Waals surface area (Å²) >= 11 is 3.40. The van der Waals surface area contributed by atoms with Crippen LogP contribution in [0.5, 0.6) is 0 Å². The number of likely N-dealkylation sites (tertiary alicyclic amines) is 1. The maximum absolute atomic E-state index is 11.0. The largest absolute Gasteiger partial charge is 0.465 e. The van der Waals surface area contributed by atoms with E-state index in [4.69, 9.17) is 5.11 Å². The summed E-state index contributed by atoms with van der Waals surface area (Å²) in [5.74, 6) is 0. The van der Waals surface area contributed by atoms with Gasteiger partial charge in [-0.3, -0.25) is 0 Å².